The molecular formula is C26H40BrNO4S. The summed E-state index contributed by atoms with van der Waals surface area (Å²) in [7, 11) is 1.31. The fourth-order valence-electron chi connectivity index (χ4n) is 3.86. The molecule has 0 aliphatic carbocycles. The zero-order chi connectivity index (χ0) is 24.8. The number of unbranched alkanes of at least 4 members (excludes halogenated alkanes) is 8. The van der Waals surface area contributed by atoms with Crippen molar-refractivity contribution in [3.8, 4) is 0 Å². The number of esters is 1. The predicted octanol–water partition coefficient (Wildman–Crippen LogP) is 7.14. The van der Waals surface area contributed by atoms with Crippen molar-refractivity contribution in [3.63, 3.8) is 0 Å². The first kappa shape index (κ1) is 29.7. The average Bonchev–Trinajstić information content (AvgIpc) is 2.80. The van der Waals surface area contributed by atoms with E-state index in [-0.39, 0.29) is 16.8 Å². The lowest BCUT2D eigenvalue weighted by Crippen LogP contribution is -2.45. The number of ether oxygens (including phenoxy) is 1. The second kappa shape index (κ2) is 16.3. The summed E-state index contributed by atoms with van der Waals surface area (Å²) in [5.41, 5.74) is 2.43. The van der Waals surface area contributed by atoms with Crippen molar-refractivity contribution < 1.29 is 19.1 Å². The maximum atomic E-state index is 13.2. The molecule has 1 rings (SSSR count). The molecule has 0 aliphatic rings. The maximum absolute atomic E-state index is 13.2. The molecule has 186 valence electrons. The highest BCUT2D eigenvalue weighted by Gasteiger charge is 2.31. The molecular weight excluding hydrogens is 502 g/mol. The Morgan fingerprint density at radius 1 is 1.00 bits per heavy atom. The number of amides is 1. The Morgan fingerprint density at radius 3 is 2.15 bits per heavy atom. The van der Waals surface area contributed by atoms with Gasteiger partial charge in [-0.2, -0.15) is 0 Å². The first-order chi connectivity index (χ1) is 15.7. The molecule has 1 aromatic carbocycles. The highest BCUT2D eigenvalue weighted by Crippen LogP contribution is 2.33. The van der Waals surface area contributed by atoms with Gasteiger partial charge in [0.05, 0.1) is 18.6 Å². The largest absolute Gasteiger partial charge is 0.467 e. The highest BCUT2D eigenvalue weighted by molar-refractivity contribution is 9.10. The molecule has 7 heteroatoms. The summed E-state index contributed by atoms with van der Waals surface area (Å²) in [5, 5.41) is 0.0275. The van der Waals surface area contributed by atoms with Crippen LogP contribution in [0.1, 0.15) is 89.2 Å². The second-order valence-corrected chi connectivity index (χ2v) is 10.4. The van der Waals surface area contributed by atoms with Crippen molar-refractivity contribution >= 4 is 50.4 Å². The van der Waals surface area contributed by atoms with Gasteiger partial charge in [0, 0.05) is 10.9 Å². The van der Waals surface area contributed by atoms with Gasteiger partial charge in [-0.3, -0.25) is 14.5 Å². The van der Waals surface area contributed by atoms with Crippen LogP contribution >= 0.6 is 27.7 Å². The molecule has 0 radical (unpaired) electrons. The number of halogens is 1. The van der Waals surface area contributed by atoms with E-state index in [0.717, 1.165) is 46.6 Å². The number of thioether (sulfide) groups is 1. The van der Waals surface area contributed by atoms with Crippen LogP contribution in [0.15, 0.2) is 16.6 Å². The van der Waals surface area contributed by atoms with Crippen molar-refractivity contribution in [3.05, 3.63) is 27.7 Å². The van der Waals surface area contributed by atoms with E-state index in [4.69, 9.17) is 4.74 Å². The lowest BCUT2D eigenvalue weighted by atomic mass is 10.1. The molecule has 0 N–H and O–H groups in total. The molecule has 0 fully saturated rings. The number of carbonyl (C=O) groups is 3. The third-order valence-corrected chi connectivity index (χ3v) is 7.62. The number of rotatable bonds is 15. The minimum atomic E-state index is -0.790. The van der Waals surface area contributed by atoms with Crippen LogP contribution in [0.2, 0.25) is 0 Å². The molecule has 1 aromatic rings. The van der Waals surface area contributed by atoms with Gasteiger partial charge in [-0.05, 0) is 44.4 Å². The molecule has 0 heterocycles. The van der Waals surface area contributed by atoms with Gasteiger partial charge in [-0.25, -0.2) is 4.79 Å². The SMILES string of the molecule is CCCCCCCCCCCC(=O)SCC(=O)N(c1c(C)ccc(Br)c1C)[C@@H](C)C(=O)OC. The van der Waals surface area contributed by atoms with Crippen LogP contribution in [0.3, 0.4) is 0 Å². The number of aryl methyl sites for hydroxylation is 1. The highest BCUT2D eigenvalue weighted by atomic mass is 79.9. The Kier molecular flexibility index (Phi) is 14.7. The summed E-state index contributed by atoms with van der Waals surface area (Å²) in [4.78, 5) is 39.3. The fourth-order valence-corrected chi connectivity index (χ4v) is 4.89. The summed E-state index contributed by atoms with van der Waals surface area (Å²) in [6.07, 6.45) is 11.3. The summed E-state index contributed by atoms with van der Waals surface area (Å²) in [6.45, 7) is 7.68. The van der Waals surface area contributed by atoms with Gasteiger partial charge in [0.1, 0.15) is 6.04 Å². The lowest BCUT2D eigenvalue weighted by molar-refractivity contribution is -0.142. The molecule has 0 unspecified atom stereocenters. The third-order valence-electron chi connectivity index (χ3n) is 5.85. The number of benzene rings is 1. The van der Waals surface area contributed by atoms with Gasteiger partial charge in [-0.15, -0.1) is 0 Å². The van der Waals surface area contributed by atoms with Crippen LogP contribution in [0.4, 0.5) is 5.69 Å². The predicted molar refractivity (Wildman–Crippen MR) is 142 cm³/mol. The van der Waals surface area contributed by atoms with E-state index < -0.39 is 12.0 Å². The number of hydrogen-bond acceptors (Lipinski definition) is 5. The van der Waals surface area contributed by atoms with E-state index in [1.54, 1.807) is 6.92 Å². The number of methoxy groups -OCH3 is 1. The van der Waals surface area contributed by atoms with Crippen LogP contribution in [-0.4, -0.2) is 35.9 Å². The Morgan fingerprint density at radius 2 is 1.58 bits per heavy atom. The van der Waals surface area contributed by atoms with E-state index in [1.165, 1.54) is 50.5 Å². The van der Waals surface area contributed by atoms with Crippen LogP contribution < -0.4 is 4.90 Å². The molecule has 0 aliphatic heterocycles. The van der Waals surface area contributed by atoms with E-state index in [0.29, 0.717) is 12.1 Å². The van der Waals surface area contributed by atoms with Crippen molar-refractivity contribution in [2.45, 2.75) is 97.9 Å². The van der Waals surface area contributed by atoms with E-state index in [1.807, 2.05) is 26.0 Å². The monoisotopic (exact) mass is 541 g/mol. The lowest BCUT2D eigenvalue weighted by Gasteiger charge is -2.30. The van der Waals surface area contributed by atoms with Crippen LogP contribution in [0.5, 0.6) is 0 Å². The molecule has 33 heavy (non-hydrogen) atoms. The standard InChI is InChI=1S/C26H40BrNO4S/c1-6-7-8-9-10-11-12-13-14-15-24(30)33-18-23(29)28(21(4)26(31)32-5)25-19(2)16-17-22(27)20(25)3/h16-17,21H,6-15,18H2,1-5H3/t21-/m0/s1. The molecule has 0 saturated heterocycles. The van der Waals surface area contributed by atoms with Crippen molar-refractivity contribution in [1.29, 1.82) is 0 Å². The van der Waals surface area contributed by atoms with E-state index in [2.05, 4.69) is 22.9 Å². The number of nitrogens with zero attached hydrogens (tertiary/aromatic N) is 1. The van der Waals surface area contributed by atoms with Crippen molar-refractivity contribution in [1.82, 2.24) is 0 Å². The Hall–Kier alpha value is -1.34. The quantitative estimate of drug-likeness (QED) is 0.174. The molecule has 0 spiro atoms. The first-order valence-corrected chi connectivity index (χ1v) is 13.8. The van der Waals surface area contributed by atoms with Crippen LogP contribution in [0, 0.1) is 13.8 Å². The smallest absolute Gasteiger partial charge is 0.328 e. The van der Waals surface area contributed by atoms with Gasteiger partial charge in [0.25, 0.3) is 0 Å². The summed E-state index contributed by atoms with van der Waals surface area (Å²) < 4.78 is 5.75. The molecule has 5 nitrogen and oxygen atoms in total. The van der Waals surface area contributed by atoms with Gasteiger partial charge in [-0.1, -0.05) is 92.0 Å². The topological polar surface area (TPSA) is 63.7 Å². The Labute approximate surface area is 212 Å². The number of hydrogen-bond donors (Lipinski definition) is 0. The molecule has 1 atom stereocenters. The molecule has 0 saturated carbocycles. The van der Waals surface area contributed by atoms with Gasteiger partial charge in [0.15, 0.2) is 5.12 Å². The van der Waals surface area contributed by atoms with Crippen molar-refractivity contribution in [2.24, 2.45) is 0 Å². The molecule has 1 amide bonds. The summed E-state index contributed by atoms with van der Waals surface area (Å²) in [5.74, 6) is -0.765. The first-order valence-electron chi connectivity index (χ1n) is 12.1. The minimum absolute atomic E-state index is 0.00297. The minimum Gasteiger partial charge on any atom is -0.467 e. The zero-order valence-electron chi connectivity index (χ0n) is 20.9. The fraction of sp³-hybridized carbons (Fsp3) is 0.654. The average molecular weight is 543 g/mol. The van der Waals surface area contributed by atoms with Gasteiger partial charge >= 0.3 is 5.97 Å². The molecule has 0 bridgehead atoms. The Balaban J connectivity index is 2.61. The Bertz CT molecular complexity index is 784. The van der Waals surface area contributed by atoms with Gasteiger partial charge < -0.3 is 4.74 Å². The van der Waals surface area contributed by atoms with Crippen LogP contribution in [-0.2, 0) is 19.1 Å². The number of anilines is 1. The zero-order valence-corrected chi connectivity index (χ0v) is 23.3. The van der Waals surface area contributed by atoms with Gasteiger partial charge in [0.2, 0.25) is 5.91 Å². The number of carbonyl (C=O) groups excluding carboxylic acids is 3. The van der Waals surface area contributed by atoms with E-state index >= 15 is 0 Å². The van der Waals surface area contributed by atoms with E-state index in [9.17, 15) is 14.4 Å². The normalized spacial score (nSPS) is 11.8. The summed E-state index contributed by atoms with van der Waals surface area (Å²) >= 11 is 4.55. The van der Waals surface area contributed by atoms with Crippen LogP contribution in [0.25, 0.3) is 0 Å². The second-order valence-electron chi connectivity index (χ2n) is 8.54. The third kappa shape index (κ3) is 10.2. The van der Waals surface area contributed by atoms with Crippen molar-refractivity contribution in [2.75, 3.05) is 17.8 Å². The molecule has 0 aromatic heterocycles. The summed E-state index contributed by atoms with van der Waals surface area (Å²) in [6, 6.07) is 3.03. The maximum Gasteiger partial charge on any atom is 0.328 e.